The molecule has 0 aliphatic heterocycles. The molecular weight excluding hydrogens is 305 g/mol. The van der Waals surface area contributed by atoms with Gasteiger partial charge in [-0.25, -0.2) is 4.98 Å². The fourth-order valence-corrected chi connectivity index (χ4v) is 2.23. The Labute approximate surface area is 129 Å². The van der Waals surface area contributed by atoms with Gasteiger partial charge in [0, 0.05) is 0 Å². The average molecular weight is 316 g/mol. The zero-order chi connectivity index (χ0) is 16.4. The van der Waals surface area contributed by atoms with Crippen molar-refractivity contribution in [1.29, 1.82) is 0 Å². The van der Waals surface area contributed by atoms with Crippen molar-refractivity contribution in [3.8, 4) is 0 Å². The largest absolute Gasteiger partial charge is 0.416 e. The van der Waals surface area contributed by atoms with E-state index >= 15 is 0 Å². The van der Waals surface area contributed by atoms with Crippen LogP contribution >= 0.6 is 0 Å². The molecule has 0 radical (unpaired) electrons. The maximum atomic E-state index is 12.9. The first-order chi connectivity index (χ1) is 10.9. The lowest BCUT2D eigenvalue weighted by Gasteiger charge is -2.09. The van der Waals surface area contributed by atoms with Gasteiger partial charge < -0.3 is 4.98 Å². The van der Waals surface area contributed by atoms with Crippen LogP contribution in [0.15, 0.2) is 53.3 Å². The maximum absolute atomic E-state index is 12.9. The standard InChI is InChI=1S/C17H11F3N2O/c18-17(19,20)12-6-2-1-5-11(12)9-10-15-16(23)22-14-8-4-3-7-13(14)21-15/h1-10H,(H,22,23)/b10-9+. The first kappa shape index (κ1) is 15.0. The van der Waals surface area contributed by atoms with Crippen LogP contribution in [-0.2, 0) is 6.18 Å². The van der Waals surface area contributed by atoms with E-state index in [1.54, 1.807) is 24.3 Å². The number of nitrogens with zero attached hydrogens (tertiary/aromatic N) is 1. The van der Waals surface area contributed by atoms with Gasteiger partial charge in [0.2, 0.25) is 0 Å². The van der Waals surface area contributed by atoms with Crippen LogP contribution in [0.2, 0.25) is 0 Å². The molecule has 0 atom stereocenters. The third-order valence-corrected chi connectivity index (χ3v) is 3.31. The van der Waals surface area contributed by atoms with Crippen molar-refractivity contribution in [1.82, 2.24) is 9.97 Å². The zero-order valence-electron chi connectivity index (χ0n) is 11.8. The van der Waals surface area contributed by atoms with Gasteiger partial charge >= 0.3 is 6.18 Å². The topological polar surface area (TPSA) is 45.8 Å². The number of para-hydroxylation sites is 2. The van der Waals surface area contributed by atoms with Crippen LogP contribution in [0.1, 0.15) is 16.8 Å². The second-order valence-corrected chi connectivity index (χ2v) is 4.89. The number of halogens is 3. The quantitative estimate of drug-likeness (QED) is 0.773. The van der Waals surface area contributed by atoms with Crippen LogP contribution in [0.5, 0.6) is 0 Å². The molecule has 1 aromatic heterocycles. The summed E-state index contributed by atoms with van der Waals surface area (Å²) in [6.07, 6.45) is -1.92. The van der Waals surface area contributed by atoms with Crippen LogP contribution in [0.4, 0.5) is 13.2 Å². The lowest BCUT2D eigenvalue weighted by molar-refractivity contribution is -0.137. The van der Waals surface area contributed by atoms with Crippen molar-refractivity contribution >= 4 is 23.2 Å². The second kappa shape index (κ2) is 5.72. The normalized spacial score (nSPS) is 12.1. The van der Waals surface area contributed by atoms with E-state index in [1.807, 2.05) is 0 Å². The summed E-state index contributed by atoms with van der Waals surface area (Å²) < 4.78 is 38.8. The lowest BCUT2D eigenvalue weighted by atomic mass is 10.1. The van der Waals surface area contributed by atoms with Crippen LogP contribution < -0.4 is 5.56 Å². The number of aromatic amines is 1. The number of H-pyrrole nitrogens is 1. The fourth-order valence-electron chi connectivity index (χ4n) is 2.23. The van der Waals surface area contributed by atoms with Gasteiger partial charge in [0.25, 0.3) is 5.56 Å². The highest BCUT2D eigenvalue weighted by Gasteiger charge is 2.32. The Balaban J connectivity index is 2.05. The number of benzene rings is 2. The molecule has 0 saturated carbocycles. The van der Waals surface area contributed by atoms with Gasteiger partial charge in [0.1, 0.15) is 5.69 Å². The first-order valence-corrected chi connectivity index (χ1v) is 6.78. The zero-order valence-corrected chi connectivity index (χ0v) is 11.8. The molecule has 0 aliphatic rings. The molecule has 3 nitrogen and oxygen atoms in total. The molecule has 0 bridgehead atoms. The van der Waals surface area contributed by atoms with Crippen molar-refractivity contribution in [2.45, 2.75) is 6.18 Å². The van der Waals surface area contributed by atoms with Crippen molar-refractivity contribution in [3.63, 3.8) is 0 Å². The van der Waals surface area contributed by atoms with Crippen LogP contribution in [0, 0.1) is 0 Å². The van der Waals surface area contributed by atoms with Gasteiger partial charge in [-0.15, -0.1) is 0 Å². The molecule has 0 saturated heterocycles. The summed E-state index contributed by atoms with van der Waals surface area (Å²) in [6.45, 7) is 0. The molecule has 6 heteroatoms. The Morgan fingerprint density at radius 2 is 1.65 bits per heavy atom. The summed E-state index contributed by atoms with van der Waals surface area (Å²) in [5, 5.41) is 0. The second-order valence-electron chi connectivity index (χ2n) is 4.89. The van der Waals surface area contributed by atoms with Gasteiger partial charge in [0.15, 0.2) is 0 Å². The lowest BCUT2D eigenvalue weighted by Crippen LogP contribution is -2.11. The molecule has 0 unspecified atom stereocenters. The van der Waals surface area contributed by atoms with Crippen molar-refractivity contribution in [2.75, 3.05) is 0 Å². The summed E-state index contributed by atoms with van der Waals surface area (Å²) in [6, 6.07) is 12.1. The number of aromatic nitrogens is 2. The van der Waals surface area contributed by atoms with E-state index in [-0.39, 0.29) is 11.3 Å². The molecule has 3 rings (SSSR count). The third kappa shape index (κ3) is 3.15. The van der Waals surface area contributed by atoms with Gasteiger partial charge in [-0.05, 0) is 29.8 Å². The molecule has 2 aromatic carbocycles. The van der Waals surface area contributed by atoms with Crippen molar-refractivity contribution in [2.24, 2.45) is 0 Å². The monoisotopic (exact) mass is 316 g/mol. The molecule has 0 amide bonds. The Hall–Kier alpha value is -2.89. The molecular formula is C17H11F3N2O. The van der Waals surface area contributed by atoms with E-state index in [1.165, 1.54) is 30.4 Å². The Kier molecular flexibility index (Phi) is 3.73. The summed E-state index contributed by atoms with van der Waals surface area (Å²) in [5.41, 5.74) is -0.0332. The predicted molar refractivity (Wildman–Crippen MR) is 82.7 cm³/mol. The van der Waals surface area contributed by atoms with E-state index in [0.29, 0.717) is 11.0 Å². The summed E-state index contributed by atoms with van der Waals surface area (Å²) in [4.78, 5) is 18.8. The molecule has 116 valence electrons. The summed E-state index contributed by atoms with van der Waals surface area (Å²) in [7, 11) is 0. The molecule has 0 aliphatic carbocycles. The molecule has 1 N–H and O–H groups in total. The molecule has 0 fully saturated rings. The van der Waals surface area contributed by atoms with Gasteiger partial charge in [-0.1, -0.05) is 36.4 Å². The number of hydrogen-bond donors (Lipinski definition) is 1. The minimum atomic E-state index is -4.45. The smallest absolute Gasteiger partial charge is 0.319 e. The van der Waals surface area contributed by atoms with E-state index in [2.05, 4.69) is 9.97 Å². The highest BCUT2D eigenvalue weighted by Crippen LogP contribution is 2.32. The van der Waals surface area contributed by atoms with Crippen LogP contribution in [-0.4, -0.2) is 9.97 Å². The van der Waals surface area contributed by atoms with Gasteiger partial charge in [-0.2, -0.15) is 13.2 Å². The number of rotatable bonds is 2. The number of alkyl halides is 3. The van der Waals surface area contributed by atoms with E-state index in [9.17, 15) is 18.0 Å². The summed E-state index contributed by atoms with van der Waals surface area (Å²) >= 11 is 0. The van der Waals surface area contributed by atoms with E-state index in [4.69, 9.17) is 0 Å². The highest BCUT2D eigenvalue weighted by molar-refractivity contribution is 5.77. The van der Waals surface area contributed by atoms with E-state index < -0.39 is 17.3 Å². The Morgan fingerprint density at radius 3 is 2.43 bits per heavy atom. The van der Waals surface area contributed by atoms with E-state index in [0.717, 1.165) is 6.07 Å². The van der Waals surface area contributed by atoms with Gasteiger partial charge in [-0.3, -0.25) is 4.79 Å². The van der Waals surface area contributed by atoms with Crippen molar-refractivity contribution in [3.05, 3.63) is 75.7 Å². The molecule has 3 aromatic rings. The van der Waals surface area contributed by atoms with Crippen LogP contribution in [0.25, 0.3) is 23.2 Å². The number of nitrogens with one attached hydrogen (secondary N) is 1. The van der Waals surface area contributed by atoms with Crippen molar-refractivity contribution < 1.29 is 13.2 Å². The highest BCUT2D eigenvalue weighted by atomic mass is 19.4. The first-order valence-electron chi connectivity index (χ1n) is 6.78. The third-order valence-electron chi connectivity index (χ3n) is 3.31. The SMILES string of the molecule is O=c1[nH]c2ccccc2nc1/C=C/c1ccccc1C(F)(F)F. The Morgan fingerprint density at radius 1 is 0.957 bits per heavy atom. The molecule has 0 spiro atoms. The fraction of sp³-hybridized carbons (Fsp3) is 0.0588. The molecule has 1 heterocycles. The summed E-state index contributed by atoms with van der Waals surface area (Å²) in [5.74, 6) is 0. The maximum Gasteiger partial charge on any atom is 0.416 e. The molecule has 23 heavy (non-hydrogen) atoms. The van der Waals surface area contributed by atoms with Gasteiger partial charge in [0.05, 0.1) is 16.6 Å². The minimum absolute atomic E-state index is 0.0191. The number of fused-ring (bicyclic) bond motifs is 1. The Bertz CT molecular complexity index is 942. The average Bonchev–Trinajstić information content (AvgIpc) is 2.52. The predicted octanol–water partition coefficient (Wildman–Crippen LogP) is 4.11. The minimum Gasteiger partial charge on any atom is -0.319 e. The van der Waals surface area contributed by atoms with Crippen LogP contribution in [0.3, 0.4) is 0 Å². The number of hydrogen-bond acceptors (Lipinski definition) is 2.